The second-order valence-corrected chi connectivity index (χ2v) is 9.09. The second kappa shape index (κ2) is 15.2. The Hall–Kier alpha value is -0.710. The summed E-state index contributed by atoms with van der Waals surface area (Å²) in [5.41, 5.74) is -0.862. The predicted molar refractivity (Wildman–Crippen MR) is 110 cm³/mol. The van der Waals surface area contributed by atoms with E-state index in [0.29, 0.717) is 36.2 Å². The maximum Gasteiger partial charge on any atom is 0.0484 e. The van der Waals surface area contributed by atoms with Crippen LogP contribution in [-0.2, 0) is 9.59 Å². The summed E-state index contributed by atoms with van der Waals surface area (Å²) >= 11 is 1.43. The minimum atomic E-state index is -1.08. The van der Waals surface area contributed by atoms with Crippen LogP contribution in [0, 0.1) is 17.3 Å². The summed E-state index contributed by atoms with van der Waals surface area (Å²) in [6.07, 6.45) is 9.78. The molecule has 0 aromatic heterocycles. The predicted octanol–water partition coefficient (Wildman–Crippen LogP) is 3.81. The van der Waals surface area contributed by atoms with Crippen LogP contribution in [0.1, 0.15) is 98.3 Å². The highest BCUT2D eigenvalue weighted by atomic mass is 32.2. The Morgan fingerprint density at radius 2 is 1.37 bits per heavy atom. The summed E-state index contributed by atoms with van der Waals surface area (Å²) in [6.45, 7) is 8.59. The van der Waals surface area contributed by atoms with Gasteiger partial charge in [-0.1, -0.05) is 79.1 Å². The number of hydrogen-bond acceptors (Lipinski definition) is 5. The van der Waals surface area contributed by atoms with Crippen LogP contribution in [0.25, 0.3) is 0 Å². The lowest BCUT2D eigenvalue weighted by atomic mass is 9.71. The molecular weight excluding hydrogens is 360 g/mol. The normalized spacial score (nSPS) is 15.9. The fourth-order valence-electron chi connectivity index (χ4n) is 3.84. The maximum absolute atomic E-state index is 12.3. The minimum absolute atomic E-state index is 0.0339. The minimum Gasteiger partial charge on any atom is -0.550 e. The van der Waals surface area contributed by atoms with E-state index in [4.69, 9.17) is 0 Å². The van der Waals surface area contributed by atoms with Crippen LogP contribution in [0.4, 0.5) is 0 Å². The first-order chi connectivity index (χ1) is 12.8. The summed E-state index contributed by atoms with van der Waals surface area (Å²) in [5, 5.41) is 23.0. The zero-order valence-electron chi connectivity index (χ0n) is 17.9. The van der Waals surface area contributed by atoms with Crippen molar-refractivity contribution in [1.82, 2.24) is 0 Å². The van der Waals surface area contributed by atoms with E-state index in [1.807, 2.05) is 0 Å². The lowest BCUT2D eigenvalue weighted by Crippen LogP contribution is -2.47. The van der Waals surface area contributed by atoms with Crippen molar-refractivity contribution >= 4 is 23.7 Å². The summed E-state index contributed by atoms with van der Waals surface area (Å²) in [6, 6.07) is 0. The van der Waals surface area contributed by atoms with E-state index >= 15 is 0 Å². The molecule has 0 saturated carbocycles. The Balaban J connectivity index is 5.33. The number of unbranched alkanes of at least 4 members (excludes halogenated alkanes) is 2. The first-order valence-electron chi connectivity index (χ1n) is 10.8. The molecule has 0 spiro atoms. The van der Waals surface area contributed by atoms with Crippen molar-refractivity contribution in [3.8, 4) is 0 Å². The largest absolute Gasteiger partial charge is 0.550 e. The number of carboxylic acids is 2. The van der Waals surface area contributed by atoms with Crippen molar-refractivity contribution in [3.63, 3.8) is 0 Å². The molecule has 0 aromatic carbocycles. The molecule has 2 atom stereocenters. The van der Waals surface area contributed by atoms with Crippen LogP contribution >= 0.6 is 11.8 Å². The quantitative estimate of drug-likeness (QED) is 0.327. The Labute approximate surface area is 170 Å². The SMILES string of the molecule is CCCCC(CC)CC(CSCCC(=O)[O-])(CC(CC)CCCC)C(=O)[O-]. The molecule has 0 rings (SSSR count). The summed E-state index contributed by atoms with van der Waals surface area (Å²) in [7, 11) is 0. The molecule has 4 nitrogen and oxygen atoms in total. The molecule has 0 heterocycles. The molecule has 0 saturated heterocycles. The van der Waals surface area contributed by atoms with Gasteiger partial charge in [-0.3, -0.25) is 0 Å². The number of carbonyl (C=O) groups is 2. The number of aliphatic carboxylic acids is 2. The van der Waals surface area contributed by atoms with Crippen LogP contribution in [0.2, 0.25) is 0 Å². The summed E-state index contributed by atoms with van der Waals surface area (Å²) in [5.74, 6) is -0.428. The molecule has 0 aliphatic carbocycles. The van der Waals surface area contributed by atoms with Crippen LogP contribution in [0.3, 0.4) is 0 Å². The third-order valence-electron chi connectivity index (χ3n) is 5.71. The first-order valence-corrected chi connectivity index (χ1v) is 12.0. The first kappa shape index (κ1) is 26.3. The van der Waals surface area contributed by atoms with Gasteiger partial charge in [-0.2, -0.15) is 11.8 Å². The topological polar surface area (TPSA) is 80.3 Å². The number of carbonyl (C=O) groups excluding carboxylic acids is 2. The van der Waals surface area contributed by atoms with Gasteiger partial charge in [0.25, 0.3) is 0 Å². The van der Waals surface area contributed by atoms with Gasteiger partial charge in [0, 0.05) is 23.1 Å². The molecule has 0 aliphatic rings. The zero-order valence-corrected chi connectivity index (χ0v) is 18.7. The van der Waals surface area contributed by atoms with Crippen LogP contribution < -0.4 is 10.2 Å². The van der Waals surface area contributed by atoms with E-state index in [0.717, 1.165) is 51.4 Å². The van der Waals surface area contributed by atoms with Gasteiger partial charge in [0.15, 0.2) is 0 Å². The molecule has 0 bridgehead atoms. The lowest BCUT2D eigenvalue weighted by molar-refractivity contribution is -0.320. The van der Waals surface area contributed by atoms with Gasteiger partial charge in [0.05, 0.1) is 0 Å². The molecule has 0 amide bonds. The van der Waals surface area contributed by atoms with Crippen molar-refractivity contribution < 1.29 is 19.8 Å². The van der Waals surface area contributed by atoms with Gasteiger partial charge in [-0.25, -0.2) is 0 Å². The summed E-state index contributed by atoms with van der Waals surface area (Å²) in [4.78, 5) is 23.0. The maximum atomic E-state index is 12.3. The number of carboxylic acid groups (broad SMARTS) is 2. The number of rotatable bonds is 18. The van der Waals surface area contributed by atoms with Gasteiger partial charge in [-0.15, -0.1) is 0 Å². The van der Waals surface area contributed by atoms with Gasteiger partial charge in [-0.05, 0) is 36.9 Å². The number of hydrogen-bond donors (Lipinski definition) is 0. The van der Waals surface area contributed by atoms with Gasteiger partial charge in [0.2, 0.25) is 0 Å². The Morgan fingerprint density at radius 1 is 0.889 bits per heavy atom. The second-order valence-electron chi connectivity index (χ2n) is 7.98. The highest BCUT2D eigenvalue weighted by Gasteiger charge is 2.36. The third-order valence-corrected chi connectivity index (χ3v) is 6.96. The van der Waals surface area contributed by atoms with Gasteiger partial charge in [0.1, 0.15) is 0 Å². The van der Waals surface area contributed by atoms with Crippen molar-refractivity contribution in [3.05, 3.63) is 0 Å². The molecule has 0 radical (unpaired) electrons. The fraction of sp³-hybridized carbons (Fsp3) is 0.909. The van der Waals surface area contributed by atoms with E-state index in [1.165, 1.54) is 11.8 Å². The third kappa shape index (κ3) is 11.0. The number of thioether (sulfide) groups is 1. The standard InChI is InChI=1S/C22H42O4S/c1-5-9-11-18(7-3)15-22(21(25)26,17-27-14-13-20(23)24)16-19(8-4)12-10-6-2/h18-19H,5-17H2,1-4H3,(H,23,24)(H,25,26)/p-2. The highest BCUT2D eigenvalue weighted by molar-refractivity contribution is 7.99. The van der Waals surface area contributed by atoms with Crippen molar-refractivity contribution in [1.29, 1.82) is 0 Å². The monoisotopic (exact) mass is 400 g/mol. The van der Waals surface area contributed by atoms with Crippen LogP contribution in [0.15, 0.2) is 0 Å². The average molecular weight is 401 g/mol. The lowest BCUT2D eigenvalue weighted by Gasteiger charge is -2.40. The highest BCUT2D eigenvalue weighted by Crippen LogP contribution is 2.41. The van der Waals surface area contributed by atoms with Gasteiger partial charge >= 0.3 is 0 Å². The Bertz CT molecular complexity index is 393. The van der Waals surface area contributed by atoms with E-state index in [9.17, 15) is 19.8 Å². The van der Waals surface area contributed by atoms with Gasteiger partial charge < -0.3 is 19.8 Å². The van der Waals surface area contributed by atoms with E-state index in [1.54, 1.807) is 0 Å². The van der Waals surface area contributed by atoms with E-state index in [-0.39, 0.29) is 6.42 Å². The average Bonchev–Trinajstić information content (AvgIpc) is 2.64. The smallest absolute Gasteiger partial charge is 0.0484 e. The van der Waals surface area contributed by atoms with Crippen LogP contribution in [-0.4, -0.2) is 23.4 Å². The zero-order chi connectivity index (χ0) is 20.7. The molecule has 0 N–H and O–H groups in total. The molecule has 0 aromatic rings. The van der Waals surface area contributed by atoms with E-state index in [2.05, 4.69) is 27.7 Å². The Kier molecular flexibility index (Phi) is 14.8. The summed E-state index contributed by atoms with van der Waals surface area (Å²) < 4.78 is 0. The van der Waals surface area contributed by atoms with Crippen LogP contribution in [0.5, 0.6) is 0 Å². The molecule has 2 unspecified atom stereocenters. The van der Waals surface area contributed by atoms with E-state index < -0.39 is 17.4 Å². The molecule has 27 heavy (non-hydrogen) atoms. The molecule has 0 fully saturated rings. The van der Waals surface area contributed by atoms with Crippen molar-refractivity contribution in [2.45, 2.75) is 98.3 Å². The molecule has 160 valence electrons. The molecule has 0 aliphatic heterocycles. The fourth-order valence-corrected chi connectivity index (χ4v) is 5.04. The molecular formula is C22H40O4S-2. The van der Waals surface area contributed by atoms with Crippen molar-refractivity contribution in [2.24, 2.45) is 17.3 Å². The molecule has 5 heteroatoms. The Morgan fingerprint density at radius 3 is 1.70 bits per heavy atom. The van der Waals surface area contributed by atoms with Crippen molar-refractivity contribution in [2.75, 3.05) is 11.5 Å².